The number of furan rings is 1. The van der Waals surface area contributed by atoms with Crippen molar-refractivity contribution in [3.05, 3.63) is 56.6 Å². The van der Waals surface area contributed by atoms with Gasteiger partial charge >= 0.3 is 0 Å². The molecule has 0 fully saturated rings. The molecule has 2 amide bonds. The van der Waals surface area contributed by atoms with Gasteiger partial charge in [0.05, 0.1) is 6.54 Å². The molecule has 0 aliphatic carbocycles. The molecule has 6 heteroatoms. The predicted octanol–water partition coefficient (Wildman–Crippen LogP) is 3.58. The summed E-state index contributed by atoms with van der Waals surface area (Å²) < 4.78 is 6.06. The summed E-state index contributed by atoms with van der Waals surface area (Å²) in [7, 11) is 0. The molecule has 1 aromatic carbocycles. The Balaban J connectivity index is 1.87. The van der Waals surface area contributed by atoms with Crippen LogP contribution < -0.4 is 10.6 Å². The molecule has 126 valence electrons. The lowest BCUT2D eigenvalue weighted by molar-refractivity contribution is -0.121. The lowest BCUT2D eigenvalue weighted by Crippen LogP contribution is -2.32. The Kier molecular flexibility index (Phi) is 6.19. The van der Waals surface area contributed by atoms with Crippen LogP contribution in [0.4, 0.5) is 5.69 Å². The first-order valence-corrected chi connectivity index (χ1v) is 8.52. The van der Waals surface area contributed by atoms with E-state index in [0.717, 1.165) is 26.1 Å². The molecule has 0 saturated carbocycles. The second-order valence-corrected chi connectivity index (χ2v) is 6.58. The minimum atomic E-state index is -0.353. The minimum Gasteiger partial charge on any atom is -0.451 e. The van der Waals surface area contributed by atoms with Crippen molar-refractivity contribution in [2.45, 2.75) is 20.8 Å². The van der Waals surface area contributed by atoms with Crippen molar-refractivity contribution in [2.75, 3.05) is 11.9 Å². The Morgan fingerprint density at radius 3 is 2.42 bits per heavy atom. The number of carbonyl (C=O) groups excluding carboxylic acids is 2. The van der Waals surface area contributed by atoms with Crippen LogP contribution >= 0.6 is 22.6 Å². The average Bonchev–Trinajstić information content (AvgIpc) is 2.92. The Morgan fingerprint density at radius 1 is 1.17 bits per heavy atom. The van der Waals surface area contributed by atoms with Crippen LogP contribution in [0.2, 0.25) is 0 Å². The van der Waals surface area contributed by atoms with Crippen LogP contribution in [0.5, 0.6) is 0 Å². The zero-order valence-corrected chi connectivity index (χ0v) is 15.9. The van der Waals surface area contributed by atoms with Crippen LogP contribution in [0.3, 0.4) is 0 Å². The largest absolute Gasteiger partial charge is 0.451 e. The summed E-state index contributed by atoms with van der Waals surface area (Å²) in [5.41, 5.74) is 3.94. The van der Waals surface area contributed by atoms with E-state index in [2.05, 4.69) is 10.6 Å². The molecule has 1 heterocycles. The molecule has 1 aromatic heterocycles. The summed E-state index contributed by atoms with van der Waals surface area (Å²) in [6, 6.07) is 7.59. The van der Waals surface area contributed by atoms with E-state index in [-0.39, 0.29) is 18.4 Å². The van der Waals surface area contributed by atoms with Gasteiger partial charge in [-0.1, -0.05) is 17.7 Å². The van der Waals surface area contributed by atoms with Gasteiger partial charge in [-0.05, 0) is 72.7 Å². The van der Waals surface area contributed by atoms with Crippen molar-refractivity contribution in [2.24, 2.45) is 0 Å². The summed E-state index contributed by atoms with van der Waals surface area (Å²) in [6.07, 6.45) is 2.90. The number of aryl methyl sites for hydroxylation is 3. The number of carbonyl (C=O) groups is 2. The van der Waals surface area contributed by atoms with Crippen molar-refractivity contribution in [1.29, 1.82) is 0 Å². The molecule has 24 heavy (non-hydrogen) atoms. The number of anilines is 1. The van der Waals surface area contributed by atoms with Gasteiger partial charge in [0.25, 0.3) is 0 Å². The van der Waals surface area contributed by atoms with E-state index in [1.165, 1.54) is 6.08 Å². The summed E-state index contributed by atoms with van der Waals surface area (Å²) in [4.78, 5) is 23.8. The second kappa shape index (κ2) is 8.14. The molecule has 2 aromatic rings. The molecular formula is C18H19IN2O3. The SMILES string of the molecule is Cc1cc(C)c(NC(=O)CNC(=O)/C=C/c2ccc(I)o2)c(C)c1. The zero-order chi connectivity index (χ0) is 17.7. The van der Waals surface area contributed by atoms with Gasteiger partial charge < -0.3 is 15.1 Å². The highest BCUT2D eigenvalue weighted by molar-refractivity contribution is 14.1. The third kappa shape index (κ3) is 5.23. The fourth-order valence-corrected chi connectivity index (χ4v) is 2.80. The molecule has 0 spiro atoms. The molecule has 0 unspecified atom stereocenters. The lowest BCUT2D eigenvalue weighted by atomic mass is 10.1. The Labute approximate surface area is 154 Å². The maximum Gasteiger partial charge on any atom is 0.244 e. The number of halogens is 1. The van der Waals surface area contributed by atoms with Crippen LogP contribution in [0.15, 0.2) is 34.8 Å². The second-order valence-electron chi connectivity index (χ2n) is 5.51. The fraction of sp³-hybridized carbons (Fsp3) is 0.222. The van der Waals surface area contributed by atoms with Gasteiger partial charge in [-0.15, -0.1) is 0 Å². The summed E-state index contributed by atoms with van der Waals surface area (Å²) in [5.74, 6) is -0.0295. The number of hydrogen-bond acceptors (Lipinski definition) is 3. The number of nitrogens with one attached hydrogen (secondary N) is 2. The monoisotopic (exact) mass is 438 g/mol. The maximum atomic E-state index is 12.0. The van der Waals surface area contributed by atoms with Crippen molar-refractivity contribution in [3.8, 4) is 0 Å². The Hall–Kier alpha value is -2.09. The highest BCUT2D eigenvalue weighted by atomic mass is 127. The van der Waals surface area contributed by atoms with E-state index in [9.17, 15) is 9.59 Å². The van der Waals surface area contributed by atoms with Crippen molar-refractivity contribution in [1.82, 2.24) is 5.32 Å². The van der Waals surface area contributed by atoms with E-state index in [1.54, 1.807) is 18.2 Å². The molecular weight excluding hydrogens is 419 g/mol. The molecule has 2 rings (SSSR count). The van der Waals surface area contributed by atoms with Gasteiger partial charge in [0.15, 0.2) is 3.77 Å². The van der Waals surface area contributed by atoms with Crippen LogP contribution in [-0.4, -0.2) is 18.4 Å². The molecule has 5 nitrogen and oxygen atoms in total. The van der Waals surface area contributed by atoms with Crippen molar-refractivity contribution >= 4 is 46.2 Å². The van der Waals surface area contributed by atoms with Crippen LogP contribution in [0.1, 0.15) is 22.5 Å². The van der Waals surface area contributed by atoms with Crippen LogP contribution in [0.25, 0.3) is 6.08 Å². The molecule has 0 radical (unpaired) electrons. The molecule has 2 N–H and O–H groups in total. The molecule has 0 saturated heterocycles. The quantitative estimate of drug-likeness (QED) is 0.554. The first-order chi connectivity index (χ1) is 11.3. The van der Waals surface area contributed by atoms with Gasteiger partial charge in [-0.2, -0.15) is 0 Å². The van der Waals surface area contributed by atoms with Gasteiger partial charge in [0.1, 0.15) is 5.76 Å². The van der Waals surface area contributed by atoms with Gasteiger partial charge in [-0.25, -0.2) is 0 Å². The smallest absolute Gasteiger partial charge is 0.244 e. The van der Waals surface area contributed by atoms with Crippen molar-refractivity contribution < 1.29 is 14.0 Å². The summed E-state index contributed by atoms with van der Waals surface area (Å²) in [5, 5.41) is 5.39. The Morgan fingerprint density at radius 2 is 1.83 bits per heavy atom. The van der Waals surface area contributed by atoms with E-state index in [4.69, 9.17) is 4.42 Å². The lowest BCUT2D eigenvalue weighted by Gasteiger charge is -2.12. The fourth-order valence-electron chi connectivity index (χ4n) is 2.36. The molecule has 0 aliphatic heterocycles. The number of hydrogen-bond donors (Lipinski definition) is 2. The van der Waals surface area contributed by atoms with E-state index in [0.29, 0.717) is 5.76 Å². The molecule has 0 aliphatic rings. The van der Waals surface area contributed by atoms with E-state index >= 15 is 0 Å². The first kappa shape index (κ1) is 18.3. The summed E-state index contributed by atoms with van der Waals surface area (Å²) in [6.45, 7) is 5.81. The van der Waals surface area contributed by atoms with Crippen LogP contribution in [0, 0.1) is 24.5 Å². The number of amides is 2. The summed E-state index contributed by atoms with van der Waals surface area (Å²) >= 11 is 2.05. The molecule has 0 atom stereocenters. The third-order valence-electron chi connectivity index (χ3n) is 3.36. The molecule has 0 bridgehead atoms. The number of rotatable bonds is 5. The number of benzene rings is 1. The maximum absolute atomic E-state index is 12.0. The van der Waals surface area contributed by atoms with Crippen LogP contribution in [-0.2, 0) is 9.59 Å². The predicted molar refractivity (Wildman–Crippen MR) is 103 cm³/mol. The van der Waals surface area contributed by atoms with E-state index < -0.39 is 0 Å². The highest BCUT2D eigenvalue weighted by Gasteiger charge is 2.09. The van der Waals surface area contributed by atoms with Gasteiger partial charge in [0.2, 0.25) is 11.8 Å². The normalized spacial score (nSPS) is 10.8. The Bertz CT molecular complexity index is 770. The minimum absolute atomic E-state index is 0.0916. The van der Waals surface area contributed by atoms with Gasteiger partial charge in [0, 0.05) is 11.8 Å². The zero-order valence-electron chi connectivity index (χ0n) is 13.8. The highest BCUT2D eigenvalue weighted by Crippen LogP contribution is 2.21. The first-order valence-electron chi connectivity index (χ1n) is 7.44. The average molecular weight is 438 g/mol. The van der Waals surface area contributed by atoms with E-state index in [1.807, 2.05) is 55.5 Å². The van der Waals surface area contributed by atoms with Crippen molar-refractivity contribution in [3.63, 3.8) is 0 Å². The van der Waals surface area contributed by atoms with Gasteiger partial charge in [-0.3, -0.25) is 9.59 Å². The topological polar surface area (TPSA) is 71.3 Å². The third-order valence-corrected chi connectivity index (χ3v) is 3.94. The standard InChI is InChI=1S/C18H19IN2O3/c1-11-8-12(2)18(13(3)9-11)21-17(23)10-20-16(22)7-5-14-4-6-15(19)24-14/h4-9H,10H2,1-3H3,(H,20,22)(H,21,23)/b7-5+.